The number of carbonyl (C=O) groups is 1. The van der Waals surface area contributed by atoms with Crippen LogP contribution in [0.25, 0.3) is 11.1 Å². The number of esters is 1. The van der Waals surface area contributed by atoms with E-state index in [4.69, 9.17) is 45.3 Å². The Balaban J connectivity index is 2.65. The SMILES string of the molecule is CCOC(=O)c1cc(Cl)cc(-c2cccc(Cl)c2Cl)c1N. The Morgan fingerprint density at radius 1 is 1.19 bits per heavy atom. The smallest absolute Gasteiger partial charge is 0.340 e. The number of benzene rings is 2. The van der Waals surface area contributed by atoms with Crippen molar-refractivity contribution in [3.8, 4) is 11.1 Å². The highest BCUT2D eigenvalue weighted by molar-refractivity contribution is 6.44. The molecule has 0 fully saturated rings. The highest BCUT2D eigenvalue weighted by atomic mass is 35.5. The van der Waals surface area contributed by atoms with E-state index in [1.54, 1.807) is 31.2 Å². The van der Waals surface area contributed by atoms with E-state index < -0.39 is 5.97 Å². The number of hydrogen-bond acceptors (Lipinski definition) is 3. The molecule has 0 saturated carbocycles. The van der Waals surface area contributed by atoms with Crippen LogP contribution in [-0.4, -0.2) is 12.6 Å². The summed E-state index contributed by atoms with van der Waals surface area (Å²) in [6.45, 7) is 1.96. The zero-order valence-corrected chi connectivity index (χ0v) is 13.4. The summed E-state index contributed by atoms with van der Waals surface area (Å²) in [5.41, 5.74) is 7.68. The first-order chi connectivity index (χ1) is 9.95. The Hall–Kier alpha value is -1.42. The van der Waals surface area contributed by atoms with Crippen LogP contribution in [0.1, 0.15) is 17.3 Å². The topological polar surface area (TPSA) is 52.3 Å². The van der Waals surface area contributed by atoms with Gasteiger partial charge < -0.3 is 10.5 Å². The Morgan fingerprint density at radius 3 is 2.57 bits per heavy atom. The van der Waals surface area contributed by atoms with Crippen molar-refractivity contribution in [3.63, 3.8) is 0 Å². The summed E-state index contributed by atoms with van der Waals surface area (Å²) >= 11 is 18.3. The normalized spacial score (nSPS) is 10.5. The predicted octanol–water partition coefficient (Wildman–Crippen LogP) is 5.07. The molecule has 2 N–H and O–H groups in total. The van der Waals surface area contributed by atoms with Gasteiger partial charge in [0.05, 0.1) is 27.9 Å². The van der Waals surface area contributed by atoms with Crippen molar-refractivity contribution in [2.75, 3.05) is 12.3 Å². The molecule has 0 heterocycles. The van der Waals surface area contributed by atoms with Gasteiger partial charge in [0.25, 0.3) is 0 Å². The Labute approximate surface area is 137 Å². The summed E-state index contributed by atoms with van der Waals surface area (Å²) < 4.78 is 4.97. The van der Waals surface area contributed by atoms with E-state index in [9.17, 15) is 4.79 Å². The summed E-state index contributed by atoms with van der Waals surface area (Å²) in [5, 5.41) is 1.10. The molecule has 3 nitrogen and oxygen atoms in total. The van der Waals surface area contributed by atoms with Gasteiger partial charge in [-0.25, -0.2) is 4.79 Å². The predicted molar refractivity (Wildman–Crippen MR) is 87.3 cm³/mol. The average molecular weight is 345 g/mol. The van der Waals surface area contributed by atoms with Gasteiger partial charge in [-0.3, -0.25) is 0 Å². The fraction of sp³-hybridized carbons (Fsp3) is 0.133. The van der Waals surface area contributed by atoms with Gasteiger partial charge in [0.15, 0.2) is 0 Å². The number of rotatable bonds is 3. The number of nitrogens with two attached hydrogens (primary N) is 1. The van der Waals surface area contributed by atoms with Gasteiger partial charge >= 0.3 is 5.97 Å². The molecule has 0 radical (unpaired) electrons. The molecular formula is C15H12Cl3NO2. The van der Waals surface area contributed by atoms with Crippen molar-refractivity contribution < 1.29 is 9.53 Å². The third-order valence-corrected chi connectivity index (χ3v) is 3.92. The van der Waals surface area contributed by atoms with E-state index in [1.807, 2.05) is 0 Å². The minimum atomic E-state index is -0.531. The second kappa shape index (κ2) is 6.56. The molecule has 2 aromatic rings. The van der Waals surface area contributed by atoms with Gasteiger partial charge in [-0.05, 0) is 25.1 Å². The number of anilines is 1. The largest absolute Gasteiger partial charge is 0.462 e. The lowest BCUT2D eigenvalue weighted by Crippen LogP contribution is -2.09. The third kappa shape index (κ3) is 3.26. The molecule has 0 spiro atoms. The standard InChI is InChI=1S/C15H12Cl3NO2/c1-2-21-15(20)11-7-8(16)6-10(14(11)19)9-4-3-5-12(17)13(9)18/h3-7H,2,19H2,1H3. The summed E-state index contributed by atoms with van der Waals surface area (Å²) in [4.78, 5) is 11.9. The van der Waals surface area contributed by atoms with Gasteiger partial charge in [0.1, 0.15) is 0 Å². The van der Waals surface area contributed by atoms with E-state index in [1.165, 1.54) is 6.07 Å². The Bertz CT molecular complexity index is 702. The van der Waals surface area contributed by atoms with Gasteiger partial charge in [-0.2, -0.15) is 0 Å². The molecule has 2 rings (SSSR count). The van der Waals surface area contributed by atoms with Crippen LogP contribution < -0.4 is 5.73 Å². The molecule has 0 aromatic heterocycles. The molecule has 0 saturated heterocycles. The minimum Gasteiger partial charge on any atom is -0.462 e. The van der Waals surface area contributed by atoms with E-state index in [0.29, 0.717) is 26.2 Å². The van der Waals surface area contributed by atoms with Crippen LogP contribution in [-0.2, 0) is 4.74 Å². The van der Waals surface area contributed by atoms with Gasteiger partial charge in [-0.15, -0.1) is 0 Å². The van der Waals surface area contributed by atoms with Gasteiger partial charge in [0, 0.05) is 16.1 Å². The van der Waals surface area contributed by atoms with Crippen LogP contribution in [0, 0.1) is 0 Å². The van der Waals surface area contributed by atoms with Crippen molar-refractivity contribution in [2.45, 2.75) is 6.92 Å². The molecule has 0 bridgehead atoms. The fourth-order valence-corrected chi connectivity index (χ4v) is 2.55. The van der Waals surface area contributed by atoms with Crippen molar-refractivity contribution in [3.05, 3.63) is 51.0 Å². The van der Waals surface area contributed by atoms with E-state index in [0.717, 1.165) is 0 Å². The molecule has 0 aliphatic heterocycles. The monoisotopic (exact) mass is 343 g/mol. The van der Waals surface area contributed by atoms with E-state index in [-0.39, 0.29) is 17.9 Å². The van der Waals surface area contributed by atoms with Crippen LogP contribution in [0.5, 0.6) is 0 Å². The summed E-state index contributed by atoms with van der Waals surface area (Å²) in [6.07, 6.45) is 0. The van der Waals surface area contributed by atoms with Crippen LogP contribution >= 0.6 is 34.8 Å². The lowest BCUT2D eigenvalue weighted by atomic mass is 10.00. The van der Waals surface area contributed by atoms with Crippen molar-refractivity contribution >= 4 is 46.5 Å². The number of carbonyl (C=O) groups excluding carboxylic acids is 1. The molecule has 110 valence electrons. The molecule has 21 heavy (non-hydrogen) atoms. The zero-order chi connectivity index (χ0) is 15.6. The quantitative estimate of drug-likeness (QED) is 0.624. The van der Waals surface area contributed by atoms with Gasteiger partial charge in [-0.1, -0.05) is 46.9 Å². The summed E-state index contributed by atoms with van der Waals surface area (Å²) in [6, 6.07) is 8.27. The average Bonchev–Trinajstić information content (AvgIpc) is 2.44. The number of halogens is 3. The van der Waals surface area contributed by atoms with Crippen molar-refractivity contribution in [2.24, 2.45) is 0 Å². The van der Waals surface area contributed by atoms with Crippen molar-refractivity contribution in [1.29, 1.82) is 0 Å². The number of hydrogen-bond donors (Lipinski definition) is 1. The maximum Gasteiger partial charge on any atom is 0.340 e. The molecular weight excluding hydrogens is 333 g/mol. The van der Waals surface area contributed by atoms with E-state index >= 15 is 0 Å². The number of nitrogen functional groups attached to an aromatic ring is 1. The van der Waals surface area contributed by atoms with Gasteiger partial charge in [0.2, 0.25) is 0 Å². The third-order valence-electron chi connectivity index (χ3n) is 2.88. The summed E-state index contributed by atoms with van der Waals surface area (Å²) in [5.74, 6) is -0.531. The first-order valence-corrected chi connectivity index (χ1v) is 7.29. The maximum atomic E-state index is 11.9. The van der Waals surface area contributed by atoms with Crippen LogP contribution in [0.15, 0.2) is 30.3 Å². The van der Waals surface area contributed by atoms with E-state index in [2.05, 4.69) is 0 Å². The highest BCUT2D eigenvalue weighted by Crippen LogP contribution is 2.39. The molecule has 0 aliphatic carbocycles. The first-order valence-electron chi connectivity index (χ1n) is 6.16. The van der Waals surface area contributed by atoms with Crippen LogP contribution in [0.2, 0.25) is 15.1 Å². The molecule has 0 unspecified atom stereocenters. The molecule has 0 amide bonds. The Morgan fingerprint density at radius 2 is 1.90 bits per heavy atom. The molecule has 0 aliphatic rings. The van der Waals surface area contributed by atoms with Crippen LogP contribution in [0.4, 0.5) is 5.69 Å². The Kier molecular flexibility index (Phi) is 4.99. The molecule has 6 heteroatoms. The lowest BCUT2D eigenvalue weighted by molar-refractivity contribution is 0.0527. The highest BCUT2D eigenvalue weighted by Gasteiger charge is 2.18. The minimum absolute atomic E-state index is 0.204. The number of ether oxygens (including phenoxy) is 1. The second-order valence-electron chi connectivity index (χ2n) is 4.24. The summed E-state index contributed by atoms with van der Waals surface area (Å²) in [7, 11) is 0. The second-order valence-corrected chi connectivity index (χ2v) is 5.46. The lowest BCUT2D eigenvalue weighted by Gasteiger charge is -2.13. The molecule has 0 atom stereocenters. The maximum absolute atomic E-state index is 11.9. The first kappa shape index (κ1) is 16.0. The molecule has 2 aromatic carbocycles. The van der Waals surface area contributed by atoms with Crippen molar-refractivity contribution in [1.82, 2.24) is 0 Å². The zero-order valence-electron chi connectivity index (χ0n) is 11.1. The van der Waals surface area contributed by atoms with Crippen LogP contribution in [0.3, 0.4) is 0 Å². The fourth-order valence-electron chi connectivity index (χ4n) is 1.93.